The molecule has 0 N–H and O–H groups in total. The number of halogens is 2. The van der Waals surface area contributed by atoms with Gasteiger partial charge in [0.2, 0.25) is 0 Å². The summed E-state index contributed by atoms with van der Waals surface area (Å²) in [6.07, 6.45) is 1.82. The summed E-state index contributed by atoms with van der Waals surface area (Å²) >= 11 is 9.42. The quantitative estimate of drug-likeness (QED) is 0.643. The molecule has 2 rings (SSSR count). The van der Waals surface area contributed by atoms with E-state index in [0.29, 0.717) is 11.6 Å². The Morgan fingerprint density at radius 1 is 1.53 bits per heavy atom. The van der Waals surface area contributed by atoms with Gasteiger partial charge in [0.05, 0.1) is 12.1 Å². The monoisotopic (exact) mass is 315 g/mol. The van der Waals surface area contributed by atoms with Crippen LogP contribution in [0.3, 0.4) is 0 Å². The van der Waals surface area contributed by atoms with Crippen molar-refractivity contribution >= 4 is 44.4 Å². The lowest BCUT2D eigenvalue weighted by Crippen LogP contribution is -2.21. The third kappa shape index (κ3) is 2.48. The Kier molecular flexibility index (Phi) is 3.74. The summed E-state index contributed by atoms with van der Waals surface area (Å²) < 4.78 is 6.61. The molecule has 0 bridgehead atoms. The molecule has 1 unspecified atom stereocenters. The first kappa shape index (κ1) is 12.5. The number of ether oxygens (including phenoxy) is 1. The van der Waals surface area contributed by atoms with Crippen molar-refractivity contribution in [3.05, 3.63) is 35.5 Å². The van der Waals surface area contributed by atoms with Gasteiger partial charge in [0.1, 0.15) is 4.83 Å². The van der Waals surface area contributed by atoms with Crippen molar-refractivity contribution in [1.82, 2.24) is 4.57 Å². The number of rotatable bonds is 3. The Morgan fingerprint density at radius 3 is 2.94 bits per heavy atom. The second kappa shape index (κ2) is 5.10. The molecule has 0 saturated carbocycles. The molecule has 0 aliphatic heterocycles. The van der Waals surface area contributed by atoms with E-state index in [1.165, 1.54) is 7.11 Å². The van der Waals surface area contributed by atoms with Crippen LogP contribution in [-0.2, 0) is 16.1 Å². The highest BCUT2D eigenvalue weighted by Crippen LogP contribution is 2.26. The van der Waals surface area contributed by atoms with Crippen molar-refractivity contribution < 1.29 is 9.53 Å². The van der Waals surface area contributed by atoms with Crippen LogP contribution in [0.5, 0.6) is 0 Å². The van der Waals surface area contributed by atoms with Crippen molar-refractivity contribution in [2.75, 3.05) is 7.11 Å². The fourth-order valence-electron chi connectivity index (χ4n) is 1.73. The van der Waals surface area contributed by atoms with Crippen LogP contribution >= 0.6 is 27.5 Å². The van der Waals surface area contributed by atoms with Gasteiger partial charge < -0.3 is 9.30 Å². The SMILES string of the molecule is COC(=O)C(Br)Cn1cc(Cl)c2ccccc21. The van der Waals surface area contributed by atoms with Crippen molar-refractivity contribution in [2.24, 2.45) is 0 Å². The van der Waals surface area contributed by atoms with Crippen molar-refractivity contribution in [3.63, 3.8) is 0 Å². The third-order valence-corrected chi connectivity index (χ3v) is 3.52. The zero-order valence-electron chi connectivity index (χ0n) is 9.19. The largest absolute Gasteiger partial charge is 0.468 e. The molecule has 0 radical (unpaired) electrons. The molecule has 0 amide bonds. The molecular formula is C12H11BrClNO2. The lowest BCUT2D eigenvalue weighted by Gasteiger charge is -2.09. The summed E-state index contributed by atoms with van der Waals surface area (Å²) in [5.74, 6) is -0.293. The Labute approximate surface area is 112 Å². The molecule has 1 aromatic carbocycles. The number of benzene rings is 1. The van der Waals surface area contributed by atoms with E-state index < -0.39 is 0 Å². The zero-order valence-corrected chi connectivity index (χ0v) is 11.5. The van der Waals surface area contributed by atoms with Gasteiger partial charge in [0, 0.05) is 23.6 Å². The summed E-state index contributed by atoms with van der Waals surface area (Å²) in [5.41, 5.74) is 1.01. The normalized spacial score (nSPS) is 12.6. The van der Waals surface area contributed by atoms with Crippen LogP contribution in [0.1, 0.15) is 0 Å². The molecule has 0 aliphatic rings. The number of aromatic nitrogens is 1. The smallest absolute Gasteiger partial charge is 0.321 e. The fourth-order valence-corrected chi connectivity index (χ4v) is 2.50. The number of hydrogen-bond acceptors (Lipinski definition) is 2. The van der Waals surface area contributed by atoms with Crippen LogP contribution in [0.2, 0.25) is 5.02 Å². The van der Waals surface area contributed by atoms with Gasteiger partial charge in [0.15, 0.2) is 0 Å². The van der Waals surface area contributed by atoms with E-state index in [1.807, 2.05) is 35.0 Å². The van der Waals surface area contributed by atoms with E-state index in [-0.39, 0.29) is 10.8 Å². The maximum atomic E-state index is 11.3. The lowest BCUT2D eigenvalue weighted by atomic mass is 10.2. The Balaban J connectivity index is 2.33. The lowest BCUT2D eigenvalue weighted by molar-refractivity contribution is -0.140. The Hall–Kier alpha value is -1.00. The molecule has 90 valence electrons. The number of fused-ring (bicyclic) bond motifs is 1. The van der Waals surface area contributed by atoms with Gasteiger partial charge in [-0.1, -0.05) is 45.7 Å². The number of nitrogens with zero attached hydrogens (tertiary/aromatic N) is 1. The number of carbonyl (C=O) groups excluding carboxylic acids is 1. The highest BCUT2D eigenvalue weighted by Gasteiger charge is 2.17. The molecule has 0 aliphatic carbocycles. The highest BCUT2D eigenvalue weighted by molar-refractivity contribution is 9.10. The Bertz CT molecular complexity index is 552. The van der Waals surface area contributed by atoms with Crippen molar-refractivity contribution in [3.8, 4) is 0 Å². The minimum Gasteiger partial charge on any atom is -0.468 e. The standard InChI is InChI=1S/C12H11BrClNO2/c1-17-12(16)9(13)6-15-7-10(14)8-4-2-3-5-11(8)15/h2-5,7,9H,6H2,1H3. The van der Waals surface area contributed by atoms with E-state index in [9.17, 15) is 4.79 Å². The van der Waals surface area contributed by atoms with Crippen LogP contribution in [0.4, 0.5) is 0 Å². The average Bonchev–Trinajstić information content (AvgIpc) is 2.66. The van der Waals surface area contributed by atoms with Gasteiger partial charge in [-0.3, -0.25) is 4.79 Å². The van der Waals surface area contributed by atoms with Crippen LogP contribution in [0.15, 0.2) is 30.5 Å². The second-order valence-electron chi connectivity index (χ2n) is 3.64. The van der Waals surface area contributed by atoms with E-state index in [2.05, 4.69) is 20.7 Å². The zero-order chi connectivity index (χ0) is 12.4. The third-order valence-electron chi connectivity index (χ3n) is 2.55. The summed E-state index contributed by atoms with van der Waals surface area (Å²) in [7, 11) is 1.37. The summed E-state index contributed by atoms with van der Waals surface area (Å²) in [6.45, 7) is 0.486. The van der Waals surface area contributed by atoms with Crippen LogP contribution < -0.4 is 0 Å². The minimum atomic E-state index is -0.376. The first-order chi connectivity index (χ1) is 8.13. The molecule has 0 spiro atoms. The van der Waals surface area contributed by atoms with Crippen LogP contribution in [-0.4, -0.2) is 22.5 Å². The van der Waals surface area contributed by atoms with E-state index in [4.69, 9.17) is 11.6 Å². The number of hydrogen-bond donors (Lipinski definition) is 0. The van der Waals surface area contributed by atoms with Gasteiger partial charge in [-0.2, -0.15) is 0 Å². The van der Waals surface area contributed by atoms with Gasteiger partial charge in [-0.15, -0.1) is 0 Å². The van der Waals surface area contributed by atoms with E-state index in [0.717, 1.165) is 10.9 Å². The summed E-state index contributed by atoms with van der Waals surface area (Å²) in [4.78, 5) is 11.0. The number of methoxy groups -OCH3 is 1. The van der Waals surface area contributed by atoms with Gasteiger partial charge in [-0.05, 0) is 6.07 Å². The molecule has 17 heavy (non-hydrogen) atoms. The number of para-hydroxylation sites is 1. The maximum absolute atomic E-state index is 11.3. The van der Waals surface area contributed by atoms with Crippen molar-refractivity contribution in [2.45, 2.75) is 11.4 Å². The van der Waals surface area contributed by atoms with E-state index in [1.54, 1.807) is 0 Å². The number of alkyl halides is 1. The molecule has 0 fully saturated rings. The van der Waals surface area contributed by atoms with Crippen molar-refractivity contribution in [1.29, 1.82) is 0 Å². The summed E-state index contributed by atoms with van der Waals surface area (Å²) in [6, 6.07) is 7.80. The average molecular weight is 317 g/mol. The van der Waals surface area contributed by atoms with Gasteiger partial charge >= 0.3 is 5.97 Å². The van der Waals surface area contributed by atoms with Gasteiger partial charge in [-0.25, -0.2) is 0 Å². The maximum Gasteiger partial charge on any atom is 0.321 e. The van der Waals surface area contributed by atoms with E-state index >= 15 is 0 Å². The Morgan fingerprint density at radius 2 is 2.24 bits per heavy atom. The minimum absolute atomic E-state index is 0.293. The van der Waals surface area contributed by atoms with Gasteiger partial charge in [0.25, 0.3) is 0 Å². The van der Waals surface area contributed by atoms with Crippen LogP contribution in [0.25, 0.3) is 10.9 Å². The molecule has 0 saturated heterocycles. The number of carbonyl (C=O) groups is 1. The predicted molar refractivity (Wildman–Crippen MR) is 71.7 cm³/mol. The molecule has 2 aromatic rings. The first-order valence-electron chi connectivity index (χ1n) is 5.08. The highest BCUT2D eigenvalue weighted by atomic mass is 79.9. The molecule has 3 nitrogen and oxygen atoms in total. The fraction of sp³-hybridized carbons (Fsp3) is 0.250. The summed E-state index contributed by atoms with van der Waals surface area (Å²) in [5, 5.41) is 1.67. The molecule has 1 heterocycles. The molecular weight excluding hydrogens is 305 g/mol. The van der Waals surface area contributed by atoms with Crippen LogP contribution in [0, 0.1) is 0 Å². The molecule has 1 aromatic heterocycles. The number of esters is 1. The second-order valence-corrected chi connectivity index (χ2v) is 5.15. The first-order valence-corrected chi connectivity index (χ1v) is 6.38. The predicted octanol–water partition coefficient (Wildman–Crippen LogP) is 3.23. The molecule has 1 atom stereocenters. The molecule has 5 heteroatoms. The topological polar surface area (TPSA) is 31.2 Å².